The first-order valence-electron chi connectivity index (χ1n) is 9.65. The molecule has 0 radical (unpaired) electrons. The summed E-state index contributed by atoms with van der Waals surface area (Å²) in [5, 5.41) is 5.96. The lowest BCUT2D eigenvalue weighted by molar-refractivity contribution is -0.133. The molecule has 1 fully saturated rings. The lowest BCUT2D eigenvalue weighted by atomic mass is 9.82. The van der Waals surface area contributed by atoms with Crippen LogP contribution in [0.5, 0.6) is 0 Å². The Morgan fingerprint density at radius 1 is 1.17 bits per heavy atom. The fourth-order valence-corrected chi connectivity index (χ4v) is 3.14. The number of hydrogen-bond donors (Lipinski definition) is 2. The molecule has 0 aromatic rings. The van der Waals surface area contributed by atoms with Gasteiger partial charge in [0.25, 0.3) is 0 Å². The maximum atomic E-state index is 12.5. The van der Waals surface area contributed by atoms with Gasteiger partial charge in [0.2, 0.25) is 11.8 Å². The first-order chi connectivity index (χ1) is 11.5. The number of rotatable bonds is 10. The Morgan fingerprint density at radius 2 is 1.83 bits per heavy atom. The van der Waals surface area contributed by atoms with Gasteiger partial charge in [-0.15, -0.1) is 0 Å². The van der Waals surface area contributed by atoms with Crippen LogP contribution in [0, 0.1) is 17.8 Å². The highest BCUT2D eigenvalue weighted by atomic mass is 16.5. The van der Waals surface area contributed by atoms with E-state index in [4.69, 9.17) is 4.74 Å². The Bertz CT molecular complexity index is 379. The van der Waals surface area contributed by atoms with Crippen LogP contribution in [-0.2, 0) is 14.3 Å². The van der Waals surface area contributed by atoms with Crippen LogP contribution in [-0.4, -0.2) is 37.6 Å². The summed E-state index contributed by atoms with van der Waals surface area (Å²) >= 11 is 0. The topological polar surface area (TPSA) is 67.4 Å². The van der Waals surface area contributed by atoms with Gasteiger partial charge < -0.3 is 15.4 Å². The standard InChI is InChI=1S/C19H36N2O3/c1-5-15(4)17(19(23)20-12-7-13-24-6-2)21-18(22)16-10-8-14(3)9-11-16/h14-17H,5-13H2,1-4H3,(H,20,23)(H,21,22)/t14?,15-,16?,17-/m1/s1. The van der Waals surface area contributed by atoms with Crippen molar-refractivity contribution in [2.45, 2.75) is 72.3 Å². The second kappa shape index (κ2) is 11.5. The van der Waals surface area contributed by atoms with Gasteiger partial charge in [0, 0.05) is 25.7 Å². The number of carbonyl (C=O) groups excluding carboxylic acids is 2. The van der Waals surface area contributed by atoms with E-state index < -0.39 is 6.04 Å². The third kappa shape index (κ3) is 7.20. The third-order valence-corrected chi connectivity index (χ3v) is 5.15. The van der Waals surface area contributed by atoms with Crippen molar-refractivity contribution in [3.8, 4) is 0 Å². The summed E-state index contributed by atoms with van der Waals surface area (Å²) in [7, 11) is 0. The van der Waals surface area contributed by atoms with Crippen LogP contribution >= 0.6 is 0 Å². The second-order valence-corrected chi connectivity index (χ2v) is 7.17. The normalized spacial score (nSPS) is 23.3. The summed E-state index contributed by atoms with van der Waals surface area (Å²) in [6.07, 6.45) is 5.75. The predicted octanol–water partition coefficient (Wildman–Crippen LogP) is 2.89. The minimum atomic E-state index is -0.436. The van der Waals surface area contributed by atoms with Crippen LogP contribution < -0.4 is 10.6 Å². The number of ether oxygens (including phenoxy) is 1. The van der Waals surface area contributed by atoms with E-state index in [1.54, 1.807) is 0 Å². The summed E-state index contributed by atoms with van der Waals surface area (Å²) in [4.78, 5) is 25.0. The molecule has 1 rings (SSSR count). The zero-order valence-electron chi connectivity index (χ0n) is 15.9. The zero-order chi connectivity index (χ0) is 17.9. The molecule has 2 amide bonds. The van der Waals surface area contributed by atoms with Crippen molar-refractivity contribution in [1.82, 2.24) is 10.6 Å². The first kappa shape index (κ1) is 20.9. The van der Waals surface area contributed by atoms with Gasteiger partial charge in [-0.1, -0.05) is 27.2 Å². The van der Waals surface area contributed by atoms with Crippen molar-refractivity contribution >= 4 is 11.8 Å². The fourth-order valence-electron chi connectivity index (χ4n) is 3.14. The number of hydrogen-bond acceptors (Lipinski definition) is 3. The van der Waals surface area contributed by atoms with E-state index in [1.165, 1.54) is 0 Å². The van der Waals surface area contributed by atoms with Gasteiger partial charge in [0.05, 0.1) is 0 Å². The highest BCUT2D eigenvalue weighted by Crippen LogP contribution is 2.28. The minimum Gasteiger partial charge on any atom is -0.382 e. The minimum absolute atomic E-state index is 0.0525. The Labute approximate surface area is 147 Å². The summed E-state index contributed by atoms with van der Waals surface area (Å²) in [6, 6.07) is -0.436. The molecule has 0 heterocycles. The average molecular weight is 341 g/mol. The zero-order valence-corrected chi connectivity index (χ0v) is 15.9. The SMILES string of the molecule is CCOCCCNC(=O)[C@H](NC(=O)C1CCC(C)CC1)[C@H](C)CC. The molecule has 1 aliphatic carbocycles. The quantitative estimate of drug-likeness (QED) is 0.601. The molecular weight excluding hydrogens is 304 g/mol. The predicted molar refractivity (Wildman–Crippen MR) is 96.6 cm³/mol. The molecule has 1 saturated carbocycles. The van der Waals surface area contributed by atoms with Crippen LogP contribution in [0.1, 0.15) is 66.2 Å². The van der Waals surface area contributed by atoms with Gasteiger partial charge in [-0.3, -0.25) is 9.59 Å². The average Bonchev–Trinajstić information content (AvgIpc) is 2.59. The van der Waals surface area contributed by atoms with Crippen LogP contribution in [0.4, 0.5) is 0 Å². The van der Waals surface area contributed by atoms with Crippen LogP contribution in [0.15, 0.2) is 0 Å². The molecule has 0 saturated heterocycles. The van der Waals surface area contributed by atoms with E-state index in [0.29, 0.717) is 25.7 Å². The van der Waals surface area contributed by atoms with Crippen molar-refractivity contribution in [2.75, 3.05) is 19.8 Å². The van der Waals surface area contributed by atoms with Crippen molar-refractivity contribution in [3.63, 3.8) is 0 Å². The van der Waals surface area contributed by atoms with E-state index in [9.17, 15) is 9.59 Å². The lowest BCUT2D eigenvalue weighted by Gasteiger charge is -2.29. The van der Waals surface area contributed by atoms with E-state index >= 15 is 0 Å². The Morgan fingerprint density at radius 3 is 2.42 bits per heavy atom. The molecule has 2 N–H and O–H groups in total. The lowest BCUT2D eigenvalue weighted by Crippen LogP contribution is -2.52. The molecule has 0 aliphatic heterocycles. The number of nitrogens with one attached hydrogen (secondary N) is 2. The molecule has 0 unspecified atom stereocenters. The van der Waals surface area contributed by atoms with E-state index in [0.717, 1.165) is 38.5 Å². The van der Waals surface area contributed by atoms with Crippen LogP contribution in [0.2, 0.25) is 0 Å². The molecule has 1 aliphatic rings. The van der Waals surface area contributed by atoms with Crippen LogP contribution in [0.25, 0.3) is 0 Å². The highest BCUT2D eigenvalue weighted by Gasteiger charge is 2.30. The first-order valence-corrected chi connectivity index (χ1v) is 9.65. The highest BCUT2D eigenvalue weighted by molar-refractivity contribution is 5.88. The number of carbonyl (C=O) groups is 2. The summed E-state index contributed by atoms with van der Waals surface area (Å²) in [5.41, 5.74) is 0. The monoisotopic (exact) mass is 340 g/mol. The molecule has 24 heavy (non-hydrogen) atoms. The summed E-state index contributed by atoms with van der Waals surface area (Å²) < 4.78 is 5.28. The summed E-state index contributed by atoms with van der Waals surface area (Å²) in [6.45, 7) is 10.2. The Balaban J connectivity index is 2.48. The van der Waals surface area contributed by atoms with Crippen molar-refractivity contribution < 1.29 is 14.3 Å². The largest absolute Gasteiger partial charge is 0.382 e. The van der Waals surface area contributed by atoms with Gasteiger partial charge >= 0.3 is 0 Å². The molecule has 0 aromatic carbocycles. The number of amides is 2. The molecule has 5 heteroatoms. The van der Waals surface area contributed by atoms with Gasteiger partial charge in [0.1, 0.15) is 6.04 Å². The molecule has 5 nitrogen and oxygen atoms in total. The molecule has 0 bridgehead atoms. The van der Waals surface area contributed by atoms with E-state index in [-0.39, 0.29) is 23.7 Å². The van der Waals surface area contributed by atoms with Crippen LogP contribution in [0.3, 0.4) is 0 Å². The van der Waals surface area contributed by atoms with Gasteiger partial charge in [-0.05, 0) is 50.9 Å². The Hall–Kier alpha value is -1.10. The van der Waals surface area contributed by atoms with Crippen molar-refractivity contribution in [2.24, 2.45) is 17.8 Å². The van der Waals surface area contributed by atoms with Gasteiger partial charge in [-0.2, -0.15) is 0 Å². The van der Waals surface area contributed by atoms with Crippen molar-refractivity contribution in [3.05, 3.63) is 0 Å². The maximum absolute atomic E-state index is 12.5. The van der Waals surface area contributed by atoms with Crippen molar-refractivity contribution in [1.29, 1.82) is 0 Å². The summed E-state index contributed by atoms with van der Waals surface area (Å²) in [5.74, 6) is 0.893. The molecule has 140 valence electrons. The molecule has 2 atom stereocenters. The molecule has 0 spiro atoms. The smallest absolute Gasteiger partial charge is 0.242 e. The van der Waals surface area contributed by atoms with Gasteiger partial charge in [0.15, 0.2) is 0 Å². The van der Waals surface area contributed by atoms with E-state index in [2.05, 4.69) is 24.5 Å². The molecular formula is C19H36N2O3. The van der Waals surface area contributed by atoms with E-state index in [1.807, 2.05) is 13.8 Å². The third-order valence-electron chi connectivity index (χ3n) is 5.15. The molecule has 0 aromatic heterocycles. The second-order valence-electron chi connectivity index (χ2n) is 7.17. The Kier molecular flexibility index (Phi) is 9.99. The maximum Gasteiger partial charge on any atom is 0.242 e. The van der Waals surface area contributed by atoms with Gasteiger partial charge in [-0.25, -0.2) is 0 Å². The fraction of sp³-hybridized carbons (Fsp3) is 0.895.